The maximum absolute atomic E-state index is 12.7. The summed E-state index contributed by atoms with van der Waals surface area (Å²) in [6.45, 7) is 5.51. The fourth-order valence-electron chi connectivity index (χ4n) is 3.98. The summed E-state index contributed by atoms with van der Waals surface area (Å²) in [5, 5.41) is 3.04. The van der Waals surface area contributed by atoms with Crippen molar-refractivity contribution in [1.29, 1.82) is 0 Å². The number of nitrogens with two attached hydrogens (primary N) is 2. The molecule has 0 bridgehead atoms. The number of anilines is 1. The predicted octanol–water partition coefficient (Wildman–Crippen LogP) is 3.80. The van der Waals surface area contributed by atoms with Crippen LogP contribution in [0.25, 0.3) is 22.4 Å². The third kappa shape index (κ3) is 3.08. The summed E-state index contributed by atoms with van der Waals surface area (Å²) in [5.74, 6) is 0.342. The van der Waals surface area contributed by atoms with E-state index in [0.717, 1.165) is 27.9 Å². The van der Waals surface area contributed by atoms with Gasteiger partial charge in [-0.15, -0.1) is 0 Å². The molecule has 3 aromatic rings. The molecule has 1 aromatic heterocycles. The summed E-state index contributed by atoms with van der Waals surface area (Å²) in [7, 11) is 0. The van der Waals surface area contributed by atoms with Gasteiger partial charge in [-0.25, -0.2) is 0 Å². The molecule has 0 saturated carbocycles. The lowest BCUT2D eigenvalue weighted by Crippen LogP contribution is -2.40. The Hall–Kier alpha value is -3.05. The molecule has 144 valence electrons. The lowest BCUT2D eigenvalue weighted by molar-refractivity contribution is 0.0906. The second-order valence-electron chi connectivity index (χ2n) is 7.71. The molecule has 1 amide bonds. The molecule has 5 nitrogen and oxygen atoms in total. The van der Waals surface area contributed by atoms with Crippen molar-refractivity contribution in [3.05, 3.63) is 65.9 Å². The van der Waals surface area contributed by atoms with Crippen molar-refractivity contribution in [2.24, 2.45) is 11.7 Å². The van der Waals surface area contributed by atoms with E-state index >= 15 is 0 Å². The Kier molecular flexibility index (Phi) is 4.69. The van der Waals surface area contributed by atoms with E-state index in [2.05, 4.69) is 35.9 Å². The Balaban J connectivity index is 2.00. The van der Waals surface area contributed by atoms with Crippen LogP contribution >= 0.6 is 0 Å². The van der Waals surface area contributed by atoms with E-state index in [1.807, 2.05) is 42.5 Å². The number of carbonyl (C=O) groups is 1. The number of hydrogen-bond donors (Lipinski definition) is 3. The number of fused-ring (bicyclic) bond motifs is 1. The predicted molar refractivity (Wildman–Crippen MR) is 114 cm³/mol. The zero-order chi connectivity index (χ0) is 19.8. The van der Waals surface area contributed by atoms with E-state index in [-0.39, 0.29) is 11.9 Å². The smallest absolute Gasteiger partial charge is 0.268 e. The molecule has 0 aliphatic carbocycles. The monoisotopic (exact) mass is 374 g/mol. The highest BCUT2D eigenvalue weighted by Gasteiger charge is 2.32. The summed E-state index contributed by atoms with van der Waals surface area (Å²) >= 11 is 0. The van der Waals surface area contributed by atoms with E-state index < -0.39 is 0 Å². The third-order valence-electron chi connectivity index (χ3n) is 5.50. The molecule has 1 atom stereocenters. The Labute approximate surface area is 165 Å². The largest absolute Gasteiger partial charge is 0.399 e. The summed E-state index contributed by atoms with van der Waals surface area (Å²) in [4.78, 5) is 12.7. The Morgan fingerprint density at radius 3 is 2.50 bits per heavy atom. The van der Waals surface area contributed by atoms with Gasteiger partial charge in [0.1, 0.15) is 5.69 Å². The van der Waals surface area contributed by atoms with Crippen molar-refractivity contribution >= 4 is 11.6 Å². The standard InChI is InChI=1S/C23H26N4O/c1-14(2)21-13-26-23(28)20-11-19(17-4-3-5-18(25)10-17)22(27(20)21)16-8-6-15(12-24)7-9-16/h3-11,14,21H,12-13,24-25H2,1-2H3,(H,26,28)/t21-/m1/s1. The number of nitrogens with zero attached hydrogens (tertiary/aromatic N) is 1. The molecular weight excluding hydrogens is 348 g/mol. The fourth-order valence-corrected chi connectivity index (χ4v) is 3.98. The van der Waals surface area contributed by atoms with Crippen molar-refractivity contribution in [3.8, 4) is 22.4 Å². The van der Waals surface area contributed by atoms with Crippen molar-refractivity contribution < 1.29 is 4.79 Å². The third-order valence-corrected chi connectivity index (χ3v) is 5.50. The number of benzene rings is 2. The molecule has 5 heteroatoms. The van der Waals surface area contributed by atoms with Crippen molar-refractivity contribution in [3.63, 3.8) is 0 Å². The van der Waals surface area contributed by atoms with Crippen LogP contribution < -0.4 is 16.8 Å². The maximum atomic E-state index is 12.7. The average molecular weight is 374 g/mol. The van der Waals surface area contributed by atoms with Gasteiger partial charge in [0.25, 0.3) is 5.91 Å². The molecule has 0 unspecified atom stereocenters. The van der Waals surface area contributed by atoms with Crippen LogP contribution in [0.5, 0.6) is 0 Å². The van der Waals surface area contributed by atoms with Crippen LogP contribution in [0, 0.1) is 5.92 Å². The highest BCUT2D eigenvalue weighted by Crippen LogP contribution is 2.40. The van der Waals surface area contributed by atoms with E-state index in [0.29, 0.717) is 30.4 Å². The van der Waals surface area contributed by atoms with Crippen LogP contribution in [0.4, 0.5) is 5.69 Å². The van der Waals surface area contributed by atoms with Crippen LogP contribution in [0.3, 0.4) is 0 Å². The first-order chi connectivity index (χ1) is 13.5. The fraction of sp³-hybridized carbons (Fsp3) is 0.261. The van der Waals surface area contributed by atoms with E-state index in [4.69, 9.17) is 11.5 Å². The number of nitrogens with one attached hydrogen (secondary N) is 1. The zero-order valence-corrected chi connectivity index (χ0v) is 16.3. The minimum atomic E-state index is -0.0353. The van der Waals surface area contributed by atoms with Gasteiger partial charge in [0.2, 0.25) is 0 Å². The van der Waals surface area contributed by atoms with E-state index in [9.17, 15) is 4.79 Å². The quantitative estimate of drug-likeness (QED) is 0.607. The summed E-state index contributed by atoms with van der Waals surface area (Å²) in [6, 6.07) is 18.3. The molecule has 2 heterocycles. The molecule has 1 aliphatic rings. The van der Waals surface area contributed by atoms with E-state index in [1.165, 1.54) is 0 Å². The molecule has 5 N–H and O–H groups in total. The van der Waals surface area contributed by atoms with Crippen LogP contribution in [0.1, 0.15) is 35.9 Å². The number of carbonyl (C=O) groups excluding carboxylic acids is 1. The van der Waals surface area contributed by atoms with Crippen molar-refractivity contribution in [2.75, 3.05) is 12.3 Å². The van der Waals surface area contributed by atoms with Gasteiger partial charge in [0, 0.05) is 24.3 Å². The SMILES string of the molecule is CC(C)[C@H]1CNC(=O)c2cc(-c3cccc(N)c3)c(-c3ccc(CN)cc3)n21. The van der Waals surface area contributed by atoms with Gasteiger partial charge in [-0.1, -0.05) is 50.2 Å². The molecule has 0 saturated heterocycles. The van der Waals surface area contributed by atoms with Crippen LogP contribution in [0.2, 0.25) is 0 Å². The number of hydrogen-bond acceptors (Lipinski definition) is 3. The highest BCUT2D eigenvalue weighted by molar-refractivity contribution is 5.98. The molecule has 2 aromatic carbocycles. The molecule has 0 radical (unpaired) electrons. The molecule has 1 aliphatic heterocycles. The molecular formula is C23H26N4O. The first kappa shape index (κ1) is 18.3. The molecule has 28 heavy (non-hydrogen) atoms. The number of rotatable bonds is 4. The van der Waals surface area contributed by atoms with Crippen molar-refractivity contribution in [1.82, 2.24) is 9.88 Å². The van der Waals surface area contributed by atoms with Gasteiger partial charge in [0.15, 0.2) is 0 Å². The van der Waals surface area contributed by atoms with Crippen LogP contribution in [-0.4, -0.2) is 17.0 Å². The van der Waals surface area contributed by atoms with Gasteiger partial charge in [-0.2, -0.15) is 0 Å². The minimum absolute atomic E-state index is 0.0353. The van der Waals surface area contributed by atoms with Gasteiger partial charge >= 0.3 is 0 Å². The Morgan fingerprint density at radius 2 is 1.86 bits per heavy atom. The van der Waals surface area contributed by atoms with Crippen LogP contribution in [-0.2, 0) is 6.54 Å². The van der Waals surface area contributed by atoms with Crippen LogP contribution in [0.15, 0.2) is 54.6 Å². The molecule has 4 rings (SSSR count). The normalized spacial score (nSPS) is 16.1. The first-order valence-corrected chi connectivity index (χ1v) is 9.68. The Morgan fingerprint density at radius 1 is 1.11 bits per heavy atom. The zero-order valence-electron chi connectivity index (χ0n) is 16.3. The van der Waals surface area contributed by atoms with Gasteiger partial charge < -0.3 is 21.4 Å². The van der Waals surface area contributed by atoms with Gasteiger partial charge in [0.05, 0.1) is 11.7 Å². The first-order valence-electron chi connectivity index (χ1n) is 9.68. The lowest BCUT2D eigenvalue weighted by Gasteiger charge is -2.31. The average Bonchev–Trinajstić information content (AvgIpc) is 3.09. The number of nitrogen functional groups attached to an aromatic ring is 1. The highest BCUT2D eigenvalue weighted by atomic mass is 16.2. The van der Waals surface area contributed by atoms with Gasteiger partial charge in [-0.3, -0.25) is 4.79 Å². The topological polar surface area (TPSA) is 86.1 Å². The molecule has 0 fully saturated rings. The summed E-state index contributed by atoms with van der Waals surface area (Å²) < 4.78 is 2.21. The van der Waals surface area contributed by atoms with Crippen molar-refractivity contribution in [2.45, 2.75) is 26.4 Å². The minimum Gasteiger partial charge on any atom is -0.399 e. The maximum Gasteiger partial charge on any atom is 0.268 e. The summed E-state index contributed by atoms with van der Waals surface area (Å²) in [5.41, 5.74) is 18.5. The van der Waals surface area contributed by atoms with E-state index in [1.54, 1.807) is 0 Å². The summed E-state index contributed by atoms with van der Waals surface area (Å²) in [6.07, 6.45) is 0. The number of amides is 1. The Bertz CT molecular complexity index is 1020. The second-order valence-corrected chi connectivity index (χ2v) is 7.71. The lowest BCUT2D eigenvalue weighted by atomic mass is 9.98. The number of aromatic nitrogens is 1. The van der Waals surface area contributed by atoms with Gasteiger partial charge in [-0.05, 0) is 40.8 Å². The second kappa shape index (κ2) is 7.17. The molecule has 0 spiro atoms.